The molecular formula is C38H35NO2. The zero-order chi connectivity index (χ0) is 28.6. The molecule has 2 bridgehead atoms. The number of allylic oxidation sites excluding steroid dienone is 2. The van der Waals surface area contributed by atoms with E-state index in [1.165, 1.54) is 29.5 Å². The van der Waals surface area contributed by atoms with Crippen molar-refractivity contribution in [3.8, 4) is 40.9 Å². The molecule has 0 saturated heterocycles. The van der Waals surface area contributed by atoms with Gasteiger partial charge in [0.15, 0.2) is 0 Å². The Labute approximate surface area is 243 Å². The number of rotatable bonds is 3. The molecule has 7 rings (SSSR count). The minimum absolute atomic E-state index is 0.0649. The predicted molar refractivity (Wildman–Crippen MR) is 166 cm³/mol. The lowest BCUT2D eigenvalue weighted by Crippen LogP contribution is -2.14. The van der Waals surface area contributed by atoms with Crippen LogP contribution in [0.1, 0.15) is 84.4 Å². The molecule has 204 valence electrons. The second-order valence-corrected chi connectivity index (χ2v) is 11.9. The fourth-order valence-corrected chi connectivity index (χ4v) is 5.74. The van der Waals surface area contributed by atoms with Gasteiger partial charge in [-0.25, -0.2) is 0 Å². The van der Waals surface area contributed by atoms with Gasteiger partial charge in [-0.2, -0.15) is 0 Å². The van der Waals surface area contributed by atoms with E-state index in [9.17, 15) is 0 Å². The maximum Gasteiger partial charge on any atom is 0.118 e. The first-order valence-electron chi connectivity index (χ1n) is 14.2. The van der Waals surface area contributed by atoms with Crippen LogP contribution in [0.3, 0.4) is 0 Å². The molecule has 0 radical (unpaired) electrons. The Morgan fingerprint density at radius 2 is 1.10 bits per heavy atom. The highest BCUT2D eigenvalue weighted by Gasteiger charge is 2.31. The summed E-state index contributed by atoms with van der Waals surface area (Å²) in [6.07, 6.45) is 11.8. The molecule has 0 aliphatic heterocycles. The van der Waals surface area contributed by atoms with E-state index in [2.05, 4.69) is 85.7 Å². The van der Waals surface area contributed by atoms with Gasteiger partial charge < -0.3 is 14.0 Å². The molecule has 3 nitrogen and oxygen atoms in total. The highest BCUT2D eigenvalue weighted by molar-refractivity contribution is 5.66. The highest BCUT2D eigenvalue weighted by Crippen LogP contribution is 2.46. The van der Waals surface area contributed by atoms with Gasteiger partial charge in [-0.1, -0.05) is 56.6 Å². The first kappa shape index (κ1) is 26.6. The number of hydrogen-bond acceptors (Lipinski definition) is 2. The van der Waals surface area contributed by atoms with Crippen LogP contribution >= 0.6 is 0 Å². The Balaban J connectivity index is 1.54. The molecular weight excluding hydrogens is 502 g/mol. The Morgan fingerprint density at radius 3 is 1.46 bits per heavy atom. The van der Waals surface area contributed by atoms with Crippen LogP contribution in [0.4, 0.5) is 0 Å². The number of hydrogen-bond donors (Lipinski definition) is 0. The van der Waals surface area contributed by atoms with Crippen LogP contribution in [-0.2, 0) is 5.41 Å². The summed E-state index contributed by atoms with van der Waals surface area (Å²) in [7, 11) is 3.36. The average molecular weight is 538 g/mol. The molecule has 0 fully saturated rings. The fraction of sp³-hybridized carbons (Fsp3) is 0.263. The third-order valence-corrected chi connectivity index (χ3v) is 8.15. The molecule has 3 aromatic carbocycles. The van der Waals surface area contributed by atoms with Crippen molar-refractivity contribution in [3.63, 3.8) is 0 Å². The fourth-order valence-electron chi connectivity index (χ4n) is 5.74. The molecule has 1 aromatic heterocycles. The number of nitrogens with zero attached hydrogens (tertiary/aromatic N) is 1. The van der Waals surface area contributed by atoms with Crippen molar-refractivity contribution < 1.29 is 9.47 Å². The number of fused-ring (bicyclic) bond motifs is 1. The lowest BCUT2D eigenvalue weighted by Gasteiger charge is -2.30. The summed E-state index contributed by atoms with van der Waals surface area (Å²) in [5, 5.41) is 0. The van der Waals surface area contributed by atoms with E-state index in [0.29, 0.717) is 11.8 Å². The monoisotopic (exact) mass is 537 g/mol. The number of aromatic nitrogens is 1. The molecule has 2 unspecified atom stereocenters. The number of ether oxygens (including phenoxy) is 2. The molecule has 4 aromatic rings. The molecule has 41 heavy (non-hydrogen) atoms. The van der Waals surface area contributed by atoms with Crippen molar-refractivity contribution in [2.75, 3.05) is 14.2 Å². The topological polar surface area (TPSA) is 23.4 Å². The third-order valence-electron chi connectivity index (χ3n) is 8.15. The molecule has 0 N–H and O–H groups in total. The average Bonchev–Trinajstić information content (AvgIpc) is 3.47. The Kier molecular flexibility index (Phi) is 6.98. The van der Waals surface area contributed by atoms with Gasteiger partial charge in [-0.3, -0.25) is 0 Å². The molecule has 1 heterocycles. The Bertz CT molecular complexity index is 1620. The lowest BCUT2D eigenvalue weighted by atomic mass is 9.74. The van der Waals surface area contributed by atoms with Crippen LogP contribution in [0.5, 0.6) is 11.5 Å². The van der Waals surface area contributed by atoms with E-state index in [1.807, 2.05) is 48.5 Å². The quantitative estimate of drug-likeness (QED) is 0.195. The summed E-state index contributed by atoms with van der Waals surface area (Å²) < 4.78 is 13.0. The van der Waals surface area contributed by atoms with Crippen LogP contribution in [0.2, 0.25) is 0 Å². The summed E-state index contributed by atoms with van der Waals surface area (Å²) in [6.45, 7) is 6.71. The molecule has 0 saturated carbocycles. The molecule has 3 aliphatic carbocycles. The van der Waals surface area contributed by atoms with Gasteiger partial charge in [0.05, 0.1) is 31.0 Å². The summed E-state index contributed by atoms with van der Waals surface area (Å²) >= 11 is 0. The molecule has 3 heteroatoms. The van der Waals surface area contributed by atoms with Gasteiger partial charge in [-0.15, -0.1) is 0 Å². The predicted octanol–water partition coefficient (Wildman–Crippen LogP) is 8.12. The zero-order valence-electron chi connectivity index (χ0n) is 24.4. The van der Waals surface area contributed by atoms with Gasteiger partial charge >= 0.3 is 0 Å². The van der Waals surface area contributed by atoms with Crippen LogP contribution < -0.4 is 9.47 Å². The summed E-state index contributed by atoms with van der Waals surface area (Å²) in [6, 6.07) is 20.3. The Hall–Kier alpha value is -4.60. The van der Waals surface area contributed by atoms with Crippen molar-refractivity contribution in [2.45, 2.75) is 50.9 Å². The lowest BCUT2D eigenvalue weighted by molar-refractivity contribution is 0.414. The highest BCUT2D eigenvalue weighted by atomic mass is 16.5. The Morgan fingerprint density at radius 1 is 0.659 bits per heavy atom. The first-order chi connectivity index (χ1) is 19.8. The summed E-state index contributed by atoms with van der Waals surface area (Å²) in [5.74, 6) is 16.5. The smallest absolute Gasteiger partial charge is 0.118 e. The van der Waals surface area contributed by atoms with Gasteiger partial charge in [-0.05, 0) is 95.6 Å². The van der Waals surface area contributed by atoms with E-state index in [1.54, 1.807) is 14.2 Å². The van der Waals surface area contributed by atoms with E-state index in [-0.39, 0.29) is 5.41 Å². The molecule has 0 amide bonds. The maximum atomic E-state index is 5.34. The van der Waals surface area contributed by atoms with Crippen LogP contribution in [0.15, 0.2) is 85.2 Å². The van der Waals surface area contributed by atoms with Crippen molar-refractivity contribution in [2.24, 2.45) is 0 Å². The minimum Gasteiger partial charge on any atom is -0.497 e. The van der Waals surface area contributed by atoms with Crippen LogP contribution in [0, 0.1) is 23.7 Å². The largest absolute Gasteiger partial charge is 0.497 e. The van der Waals surface area contributed by atoms with Gasteiger partial charge in [0.1, 0.15) is 11.5 Å². The summed E-state index contributed by atoms with van der Waals surface area (Å²) in [5.41, 5.74) is 8.88. The molecule has 0 spiro atoms. The second kappa shape index (κ2) is 10.8. The molecule has 2 atom stereocenters. The van der Waals surface area contributed by atoms with Crippen molar-refractivity contribution in [1.82, 2.24) is 4.57 Å². The normalized spacial score (nSPS) is 16.7. The van der Waals surface area contributed by atoms with E-state index >= 15 is 0 Å². The van der Waals surface area contributed by atoms with E-state index in [0.717, 1.165) is 39.4 Å². The van der Waals surface area contributed by atoms with Crippen molar-refractivity contribution >= 4 is 0 Å². The standard InChI is InChI=1S/C38H35NO2/c1-38(2,3)32-22-30(12-6-26-8-18-33(40-4)19-9-26)37(31(23-32)13-7-27-10-20-34(41-5)21-11-27)39-24-35-28-14-15-29(17-16-28)36(35)25-39/h8-11,14-15,18-25,28-29H,16-17H2,1-5H3. The van der Waals surface area contributed by atoms with Gasteiger partial charge in [0.25, 0.3) is 0 Å². The maximum absolute atomic E-state index is 5.34. The first-order valence-corrected chi connectivity index (χ1v) is 14.2. The zero-order valence-corrected chi connectivity index (χ0v) is 24.4. The van der Waals surface area contributed by atoms with E-state index < -0.39 is 0 Å². The van der Waals surface area contributed by atoms with Crippen LogP contribution in [-0.4, -0.2) is 18.8 Å². The summed E-state index contributed by atoms with van der Waals surface area (Å²) in [4.78, 5) is 0. The van der Waals surface area contributed by atoms with Gasteiger partial charge in [0.2, 0.25) is 0 Å². The molecule has 3 aliphatic rings. The second-order valence-electron chi connectivity index (χ2n) is 11.9. The van der Waals surface area contributed by atoms with E-state index in [4.69, 9.17) is 9.47 Å². The minimum atomic E-state index is -0.0649. The SMILES string of the molecule is COc1ccc(C#Cc2cc(C(C)(C)C)cc(C#Cc3ccc(OC)cc3)c2-n2cc3c(c2)C2C=CC3CC2)cc1. The number of methoxy groups -OCH3 is 2. The number of benzene rings is 3. The van der Waals surface area contributed by atoms with Gasteiger partial charge in [0, 0.05) is 35.4 Å². The third kappa shape index (κ3) is 5.41. The van der Waals surface area contributed by atoms with Crippen LogP contribution in [0.25, 0.3) is 5.69 Å². The van der Waals surface area contributed by atoms with Crippen molar-refractivity contribution in [1.29, 1.82) is 0 Å². The van der Waals surface area contributed by atoms with Crippen molar-refractivity contribution in [3.05, 3.63) is 124 Å².